The van der Waals surface area contributed by atoms with Crippen molar-refractivity contribution >= 4 is 22.2 Å². The van der Waals surface area contributed by atoms with Crippen molar-refractivity contribution in [2.24, 2.45) is 0 Å². The quantitative estimate of drug-likeness (QED) is 0.344. The van der Waals surface area contributed by atoms with Crippen LogP contribution in [0.25, 0.3) is 22.2 Å². The molecule has 31 heavy (non-hydrogen) atoms. The Bertz CT molecular complexity index is 1100. The van der Waals surface area contributed by atoms with Crippen molar-refractivity contribution in [3.8, 4) is 0 Å². The van der Waals surface area contributed by atoms with E-state index in [1.54, 1.807) is 0 Å². The second-order valence-electron chi connectivity index (χ2n) is 9.56. The van der Waals surface area contributed by atoms with Crippen LogP contribution in [0.1, 0.15) is 99.0 Å². The second-order valence-corrected chi connectivity index (χ2v) is 9.56. The van der Waals surface area contributed by atoms with E-state index in [1.165, 1.54) is 75.3 Å². The van der Waals surface area contributed by atoms with Gasteiger partial charge in [-0.15, -0.1) is 0 Å². The predicted octanol–water partition coefficient (Wildman–Crippen LogP) is 7.66. The number of fused-ring (bicyclic) bond motifs is 2. The van der Waals surface area contributed by atoms with Gasteiger partial charge < -0.3 is 8.83 Å². The number of hydrogen-bond acceptors (Lipinski definition) is 4. The number of oxazole rings is 2. The maximum Gasteiger partial charge on any atom is 0.198 e. The molecule has 2 saturated carbocycles. The van der Waals surface area contributed by atoms with Gasteiger partial charge in [0.15, 0.2) is 22.9 Å². The molecule has 6 rings (SSSR count). The fourth-order valence-corrected chi connectivity index (χ4v) is 5.49. The molecule has 0 bridgehead atoms. The molecule has 2 aliphatic rings. The Morgan fingerprint density at radius 1 is 0.613 bits per heavy atom. The first-order chi connectivity index (χ1) is 15.3. The third kappa shape index (κ3) is 3.88. The van der Waals surface area contributed by atoms with Gasteiger partial charge in [-0.3, -0.25) is 0 Å². The van der Waals surface area contributed by atoms with Crippen LogP contribution in [-0.2, 0) is 6.42 Å². The Labute approximate surface area is 183 Å². The highest BCUT2D eigenvalue weighted by Gasteiger charge is 2.22. The number of rotatable bonds is 4. The smallest absolute Gasteiger partial charge is 0.198 e. The van der Waals surface area contributed by atoms with Gasteiger partial charge in [-0.25, -0.2) is 9.97 Å². The van der Waals surface area contributed by atoms with Crippen molar-refractivity contribution in [3.63, 3.8) is 0 Å². The zero-order valence-corrected chi connectivity index (χ0v) is 18.1. The van der Waals surface area contributed by atoms with Gasteiger partial charge in [0.25, 0.3) is 0 Å². The summed E-state index contributed by atoms with van der Waals surface area (Å²) in [6.07, 6.45) is 13.6. The molecule has 2 aliphatic carbocycles. The Morgan fingerprint density at radius 2 is 1.06 bits per heavy atom. The van der Waals surface area contributed by atoms with Crippen LogP contribution in [-0.4, -0.2) is 9.97 Å². The summed E-state index contributed by atoms with van der Waals surface area (Å²) in [4.78, 5) is 9.70. The molecule has 2 heterocycles. The standard InChI is InChI=1S/C27H30N2O2/c1-3-7-20(8-4-1)26-28-22-16-18(11-13-24(22)30-26)15-19-12-14-25-23(17-19)29-27(31-25)21-9-5-2-6-10-21/h11-14,16-17,20-21H,1-10,15H2. The van der Waals surface area contributed by atoms with E-state index in [4.69, 9.17) is 18.8 Å². The summed E-state index contributed by atoms with van der Waals surface area (Å²) in [5, 5.41) is 0. The molecule has 4 nitrogen and oxygen atoms in total. The summed E-state index contributed by atoms with van der Waals surface area (Å²) in [6, 6.07) is 12.9. The van der Waals surface area contributed by atoms with Gasteiger partial charge in [0, 0.05) is 11.8 Å². The first-order valence-corrected chi connectivity index (χ1v) is 12.1. The molecule has 4 heteroatoms. The monoisotopic (exact) mass is 414 g/mol. The highest BCUT2D eigenvalue weighted by atomic mass is 16.4. The summed E-state index contributed by atoms with van der Waals surface area (Å²) in [7, 11) is 0. The lowest BCUT2D eigenvalue weighted by Gasteiger charge is -2.17. The van der Waals surface area contributed by atoms with E-state index in [0.29, 0.717) is 11.8 Å². The fraction of sp³-hybridized carbons (Fsp3) is 0.481. The van der Waals surface area contributed by atoms with Gasteiger partial charge in [0.2, 0.25) is 0 Å². The Kier molecular flexibility index (Phi) is 5.01. The van der Waals surface area contributed by atoms with Crippen molar-refractivity contribution in [2.45, 2.75) is 82.5 Å². The van der Waals surface area contributed by atoms with Crippen LogP contribution >= 0.6 is 0 Å². The third-order valence-electron chi connectivity index (χ3n) is 7.25. The first kappa shape index (κ1) is 19.1. The van der Waals surface area contributed by atoms with E-state index in [9.17, 15) is 0 Å². The second kappa shape index (κ2) is 8.14. The van der Waals surface area contributed by atoms with E-state index in [-0.39, 0.29) is 0 Å². The summed E-state index contributed by atoms with van der Waals surface area (Å²) in [5.74, 6) is 2.87. The topological polar surface area (TPSA) is 52.1 Å². The normalized spacial score (nSPS) is 18.8. The summed E-state index contributed by atoms with van der Waals surface area (Å²) >= 11 is 0. The highest BCUT2D eigenvalue weighted by molar-refractivity contribution is 5.75. The molecular weight excluding hydrogens is 384 g/mol. The largest absolute Gasteiger partial charge is 0.440 e. The summed E-state index contributed by atoms with van der Waals surface area (Å²) in [6.45, 7) is 0. The maximum absolute atomic E-state index is 6.10. The number of benzene rings is 2. The average molecular weight is 415 g/mol. The molecule has 0 radical (unpaired) electrons. The van der Waals surface area contributed by atoms with Crippen LogP contribution in [0.5, 0.6) is 0 Å². The van der Waals surface area contributed by atoms with Crippen LogP contribution in [0.4, 0.5) is 0 Å². The Hall–Kier alpha value is -2.62. The minimum atomic E-state index is 0.498. The molecule has 0 aliphatic heterocycles. The molecule has 0 unspecified atom stereocenters. The van der Waals surface area contributed by atoms with E-state index in [0.717, 1.165) is 40.4 Å². The lowest BCUT2D eigenvalue weighted by molar-refractivity contribution is 0.373. The first-order valence-electron chi connectivity index (χ1n) is 12.1. The molecule has 2 fully saturated rings. The van der Waals surface area contributed by atoms with Gasteiger partial charge in [0.05, 0.1) is 0 Å². The van der Waals surface area contributed by atoms with Crippen LogP contribution in [0.2, 0.25) is 0 Å². The van der Waals surface area contributed by atoms with Crippen molar-refractivity contribution in [3.05, 3.63) is 59.3 Å². The van der Waals surface area contributed by atoms with E-state index < -0.39 is 0 Å². The molecule has 2 aromatic carbocycles. The van der Waals surface area contributed by atoms with Crippen molar-refractivity contribution in [1.82, 2.24) is 9.97 Å². The molecule has 0 spiro atoms. The molecule has 160 valence electrons. The molecule has 4 aromatic rings. The van der Waals surface area contributed by atoms with Gasteiger partial charge in [0.1, 0.15) is 11.0 Å². The number of hydrogen-bond donors (Lipinski definition) is 0. The maximum atomic E-state index is 6.10. The van der Waals surface area contributed by atoms with E-state index in [1.807, 2.05) is 0 Å². The van der Waals surface area contributed by atoms with Gasteiger partial charge in [-0.05, 0) is 67.5 Å². The zero-order valence-electron chi connectivity index (χ0n) is 18.1. The fourth-order valence-electron chi connectivity index (χ4n) is 5.49. The van der Waals surface area contributed by atoms with Crippen molar-refractivity contribution in [2.75, 3.05) is 0 Å². The zero-order chi connectivity index (χ0) is 20.6. The van der Waals surface area contributed by atoms with Crippen molar-refractivity contribution in [1.29, 1.82) is 0 Å². The van der Waals surface area contributed by atoms with Crippen LogP contribution in [0.3, 0.4) is 0 Å². The van der Waals surface area contributed by atoms with Gasteiger partial charge in [-0.2, -0.15) is 0 Å². The van der Waals surface area contributed by atoms with Gasteiger partial charge in [-0.1, -0.05) is 50.7 Å². The minimum Gasteiger partial charge on any atom is -0.440 e. The SMILES string of the molecule is c1cc2oc(C3CCCCC3)nc2cc1Cc1ccc2oc(C3CCCCC3)nc2c1. The van der Waals surface area contributed by atoms with E-state index >= 15 is 0 Å². The third-order valence-corrected chi connectivity index (χ3v) is 7.25. The number of aromatic nitrogens is 2. The average Bonchev–Trinajstić information content (AvgIpc) is 3.44. The van der Waals surface area contributed by atoms with Crippen molar-refractivity contribution < 1.29 is 8.83 Å². The van der Waals surface area contributed by atoms with Crippen LogP contribution < -0.4 is 0 Å². The lowest BCUT2D eigenvalue weighted by atomic mass is 9.89. The minimum absolute atomic E-state index is 0.498. The Balaban J connectivity index is 1.23. The lowest BCUT2D eigenvalue weighted by Crippen LogP contribution is -2.04. The Morgan fingerprint density at radius 3 is 1.52 bits per heavy atom. The van der Waals surface area contributed by atoms with Crippen LogP contribution in [0.15, 0.2) is 45.2 Å². The van der Waals surface area contributed by atoms with Crippen LogP contribution in [0, 0.1) is 0 Å². The van der Waals surface area contributed by atoms with E-state index in [2.05, 4.69) is 36.4 Å². The molecule has 0 atom stereocenters. The number of nitrogens with zero attached hydrogens (tertiary/aromatic N) is 2. The highest BCUT2D eigenvalue weighted by Crippen LogP contribution is 2.35. The summed E-state index contributed by atoms with van der Waals surface area (Å²) in [5.41, 5.74) is 6.31. The molecular formula is C27H30N2O2. The molecule has 0 N–H and O–H groups in total. The summed E-state index contributed by atoms with van der Waals surface area (Å²) < 4.78 is 12.2. The van der Waals surface area contributed by atoms with Gasteiger partial charge >= 0.3 is 0 Å². The molecule has 0 saturated heterocycles. The molecule has 2 aromatic heterocycles. The predicted molar refractivity (Wildman–Crippen MR) is 122 cm³/mol. The molecule has 0 amide bonds.